The van der Waals surface area contributed by atoms with Gasteiger partial charge in [0.15, 0.2) is 0 Å². The van der Waals surface area contributed by atoms with Crippen molar-refractivity contribution in [3.8, 4) is 0 Å². The van der Waals surface area contributed by atoms with Crippen LogP contribution >= 0.6 is 0 Å². The van der Waals surface area contributed by atoms with Crippen LogP contribution in [0.2, 0.25) is 0 Å². The van der Waals surface area contributed by atoms with E-state index in [2.05, 4.69) is 27.9 Å². The molecule has 2 N–H and O–H groups in total. The summed E-state index contributed by atoms with van der Waals surface area (Å²) in [4.78, 5) is 2.42. The summed E-state index contributed by atoms with van der Waals surface area (Å²) in [6.45, 7) is 6.47. The molecule has 1 fully saturated rings. The monoisotopic (exact) mass is 367 g/mol. The highest BCUT2D eigenvalue weighted by molar-refractivity contribution is 7.92. The van der Waals surface area contributed by atoms with Gasteiger partial charge in [-0.3, -0.25) is 4.72 Å². The molecule has 0 aromatic heterocycles. The van der Waals surface area contributed by atoms with Gasteiger partial charge in [-0.05, 0) is 75.7 Å². The fourth-order valence-electron chi connectivity index (χ4n) is 3.35. The highest BCUT2D eigenvalue weighted by Crippen LogP contribution is 2.29. The van der Waals surface area contributed by atoms with Gasteiger partial charge >= 0.3 is 0 Å². The van der Waals surface area contributed by atoms with Crippen molar-refractivity contribution >= 4 is 21.4 Å². The molecule has 1 aliphatic rings. The number of anilines is 2. The molecule has 142 valence electrons. The Morgan fingerprint density at radius 1 is 1.08 bits per heavy atom. The van der Waals surface area contributed by atoms with Crippen LogP contribution in [-0.4, -0.2) is 40.9 Å². The maximum atomic E-state index is 11.5. The van der Waals surface area contributed by atoms with Crippen LogP contribution in [0.5, 0.6) is 0 Å². The first kappa shape index (κ1) is 20.0. The molecule has 0 saturated carbocycles. The Hall–Kier alpha value is -1.27. The van der Waals surface area contributed by atoms with E-state index < -0.39 is 10.0 Å². The van der Waals surface area contributed by atoms with Crippen molar-refractivity contribution in [2.24, 2.45) is 0 Å². The number of hydrogen-bond donors (Lipinski definition) is 2. The average molecular weight is 368 g/mol. The fourth-order valence-corrected chi connectivity index (χ4v) is 3.90. The molecule has 25 heavy (non-hydrogen) atoms. The third-order valence-electron chi connectivity index (χ3n) is 4.56. The van der Waals surface area contributed by atoms with Gasteiger partial charge in [-0.25, -0.2) is 8.42 Å². The zero-order valence-corrected chi connectivity index (χ0v) is 16.5. The molecule has 0 unspecified atom stereocenters. The summed E-state index contributed by atoms with van der Waals surface area (Å²) < 4.78 is 25.7. The molecule has 5 nitrogen and oxygen atoms in total. The lowest BCUT2D eigenvalue weighted by molar-refractivity contribution is 0.574. The van der Waals surface area contributed by atoms with E-state index in [0.717, 1.165) is 39.0 Å². The first-order valence-electron chi connectivity index (χ1n) is 9.56. The zero-order chi connectivity index (χ0) is 18.1. The number of hydrogen-bond acceptors (Lipinski definition) is 4. The molecule has 6 heteroatoms. The number of nitrogens with one attached hydrogen (secondary N) is 2. The fraction of sp³-hybridized carbons (Fsp3) is 0.684. The number of aryl methyl sites for hydroxylation is 1. The Bertz CT molecular complexity index is 626. The predicted molar refractivity (Wildman–Crippen MR) is 107 cm³/mol. The van der Waals surface area contributed by atoms with Gasteiger partial charge in [-0.2, -0.15) is 0 Å². The molecule has 1 saturated heterocycles. The Balaban J connectivity index is 2.05. The molecule has 0 aliphatic carbocycles. The minimum Gasteiger partial charge on any atom is -0.371 e. The summed E-state index contributed by atoms with van der Waals surface area (Å²) in [5.74, 6) is 0. The lowest BCUT2D eigenvalue weighted by Crippen LogP contribution is -2.30. The van der Waals surface area contributed by atoms with E-state index in [-0.39, 0.29) is 0 Å². The van der Waals surface area contributed by atoms with Crippen LogP contribution in [0.1, 0.15) is 51.0 Å². The standard InChI is InChI=1S/C19H33N3O2S/c1-3-12-20-13-6-5-9-17-10-11-18(21-25(2,23)24)16-19(17)22-14-7-4-8-15-22/h10-11,16,20-21H,3-9,12-15H2,1-2H3. The summed E-state index contributed by atoms with van der Waals surface area (Å²) in [5.41, 5.74) is 3.20. The highest BCUT2D eigenvalue weighted by atomic mass is 32.2. The van der Waals surface area contributed by atoms with E-state index in [1.165, 1.54) is 49.6 Å². The molecule has 2 rings (SSSR count). The van der Waals surface area contributed by atoms with Crippen LogP contribution in [-0.2, 0) is 16.4 Å². The number of benzene rings is 1. The van der Waals surface area contributed by atoms with E-state index in [1.54, 1.807) is 0 Å². The summed E-state index contributed by atoms with van der Waals surface area (Å²) >= 11 is 0. The van der Waals surface area contributed by atoms with Crippen LogP contribution in [0.15, 0.2) is 18.2 Å². The van der Waals surface area contributed by atoms with Crippen molar-refractivity contribution < 1.29 is 8.42 Å². The molecule has 1 heterocycles. The van der Waals surface area contributed by atoms with Crippen molar-refractivity contribution in [1.29, 1.82) is 0 Å². The first-order chi connectivity index (χ1) is 12.0. The van der Waals surface area contributed by atoms with Gasteiger partial charge < -0.3 is 10.2 Å². The molecule has 0 bridgehead atoms. The largest absolute Gasteiger partial charge is 0.371 e. The molecule has 0 spiro atoms. The smallest absolute Gasteiger partial charge is 0.229 e. The summed E-state index contributed by atoms with van der Waals surface area (Å²) in [7, 11) is -3.24. The van der Waals surface area contributed by atoms with Gasteiger partial charge in [0.1, 0.15) is 0 Å². The quantitative estimate of drug-likeness (QED) is 0.623. The zero-order valence-electron chi connectivity index (χ0n) is 15.7. The lowest BCUT2D eigenvalue weighted by Gasteiger charge is -2.31. The van der Waals surface area contributed by atoms with Gasteiger partial charge in [-0.15, -0.1) is 0 Å². The summed E-state index contributed by atoms with van der Waals surface area (Å²) in [6, 6.07) is 5.99. The second kappa shape index (κ2) is 10.0. The Morgan fingerprint density at radius 3 is 2.52 bits per heavy atom. The minimum absolute atomic E-state index is 0.663. The SMILES string of the molecule is CCCNCCCCc1ccc(NS(C)(=O)=O)cc1N1CCCCC1. The third kappa shape index (κ3) is 7.24. The topological polar surface area (TPSA) is 61.4 Å². The maximum Gasteiger partial charge on any atom is 0.229 e. The van der Waals surface area contributed by atoms with Gasteiger partial charge in [0, 0.05) is 18.8 Å². The van der Waals surface area contributed by atoms with Gasteiger partial charge in [0.25, 0.3) is 0 Å². The predicted octanol–water partition coefficient (Wildman–Crippen LogP) is 3.37. The molecular weight excluding hydrogens is 334 g/mol. The molecule has 1 aromatic carbocycles. The second-order valence-corrected chi connectivity index (χ2v) is 8.72. The van der Waals surface area contributed by atoms with Crippen LogP contribution < -0.4 is 14.9 Å². The number of piperidine rings is 1. The average Bonchev–Trinajstić information content (AvgIpc) is 2.58. The Labute approximate surface area is 153 Å². The van der Waals surface area contributed by atoms with Crippen molar-refractivity contribution in [3.05, 3.63) is 23.8 Å². The van der Waals surface area contributed by atoms with Gasteiger partial charge in [0.2, 0.25) is 10.0 Å². The molecule has 1 aliphatic heterocycles. The van der Waals surface area contributed by atoms with Crippen molar-refractivity contribution in [1.82, 2.24) is 5.32 Å². The van der Waals surface area contributed by atoms with E-state index in [0.29, 0.717) is 5.69 Å². The second-order valence-electron chi connectivity index (χ2n) is 6.97. The van der Waals surface area contributed by atoms with Crippen molar-refractivity contribution in [2.75, 3.05) is 42.1 Å². The van der Waals surface area contributed by atoms with E-state index >= 15 is 0 Å². The van der Waals surface area contributed by atoms with Crippen LogP contribution in [0.3, 0.4) is 0 Å². The lowest BCUT2D eigenvalue weighted by atomic mass is 10.0. The van der Waals surface area contributed by atoms with Crippen LogP contribution in [0.4, 0.5) is 11.4 Å². The highest BCUT2D eigenvalue weighted by Gasteiger charge is 2.16. The van der Waals surface area contributed by atoms with Gasteiger partial charge in [0.05, 0.1) is 11.9 Å². The van der Waals surface area contributed by atoms with E-state index in [1.807, 2.05) is 12.1 Å². The summed E-state index contributed by atoms with van der Waals surface area (Å²) in [6.07, 6.45) is 9.45. The molecule has 0 amide bonds. The van der Waals surface area contributed by atoms with E-state index in [4.69, 9.17) is 0 Å². The number of nitrogens with zero attached hydrogens (tertiary/aromatic N) is 1. The number of unbranched alkanes of at least 4 members (excludes halogenated alkanes) is 1. The third-order valence-corrected chi connectivity index (χ3v) is 5.17. The molecule has 1 aromatic rings. The number of sulfonamides is 1. The van der Waals surface area contributed by atoms with Crippen LogP contribution in [0.25, 0.3) is 0 Å². The first-order valence-corrected chi connectivity index (χ1v) is 11.4. The van der Waals surface area contributed by atoms with E-state index in [9.17, 15) is 8.42 Å². The maximum absolute atomic E-state index is 11.5. The molecule has 0 atom stereocenters. The van der Waals surface area contributed by atoms with Gasteiger partial charge in [-0.1, -0.05) is 13.0 Å². The van der Waals surface area contributed by atoms with Crippen molar-refractivity contribution in [2.45, 2.75) is 51.9 Å². The summed E-state index contributed by atoms with van der Waals surface area (Å²) in [5, 5.41) is 3.45. The van der Waals surface area contributed by atoms with Crippen molar-refractivity contribution in [3.63, 3.8) is 0 Å². The Kier molecular flexibility index (Phi) is 8.03. The number of rotatable bonds is 10. The van der Waals surface area contributed by atoms with Crippen LogP contribution in [0, 0.1) is 0 Å². The molecular formula is C19H33N3O2S. The molecule has 0 radical (unpaired) electrons. The normalized spacial score (nSPS) is 15.4. The Morgan fingerprint density at radius 2 is 1.84 bits per heavy atom. The minimum atomic E-state index is -3.24.